The Labute approximate surface area is 146 Å². The normalized spacial score (nSPS) is 11.5. The fraction of sp³-hybridized carbons (Fsp3) is 0.222. The molecule has 2 rings (SSSR count). The van der Waals surface area contributed by atoms with E-state index in [1.165, 1.54) is 11.8 Å². The number of nitrogens with two attached hydrogens (primary N) is 1. The lowest BCUT2D eigenvalue weighted by Gasteiger charge is -2.16. The van der Waals surface area contributed by atoms with Crippen LogP contribution in [0.25, 0.3) is 0 Å². The van der Waals surface area contributed by atoms with E-state index in [-0.39, 0.29) is 18.0 Å². The first kappa shape index (κ1) is 17.9. The van der Waals surface area contributed by atoms with Gasteiger partial charge in [0, 0.05) is 17.1 Å². The number of nitrogens with one attached hydrogen (secondary N) is 2. The summed E-state index contributed by atoms with van der Waals surface area (Å²) in [5.41, 5.74) is 6.90. The summed E-state index contributed by atoms with van der Waals surface area (Å²) in [4.78, 5) is 24.0. The molecule has 0 spiro atoms. The predicted molar refractivity (Wildman–Crippen MR) is 98.0 cm³/mol. The van der Waals surface area contributed by atoms with Crippen molar-refractivity contribution in [2.45, 2.75) is 24.3 Å². The number of hydrogen-bond acceptors (Lipinski definition) is 3. The molecular weight excluding hydrogens is 322 g/mol. The molecule has 1 atom stereocenters. The maximum absolute atomic E-state index is 12.2. The topological polar surface area (TPSA) is 84.2 Å². The Bertz CT molecular complexity index is 692. The number of primary amides is 1. The third-order valence-electron chi connectivity index (χ3n) is 3.39. The van der Waals surface area contributed by atoms with Gasteiger partial charge in [-0.25, -0.2) is 4.79 Å². The summed E-state index contributed by atoms with van der Waals surface area (Å²) in [7, 11) is 0. The van der Waals surface area contributed by atoms with Crippen LogP contribution in [0.1, 0.15) is 24.9 Å². The van der Waals surface area contributed by atoms with Gasteiger partial charge >= 0.3 is 6.03 Å². The van der Waals surface area contributed by atoms with E-state index in [0.717, 1.165) is 10.5 Å². The van der Waals surface area contributed by atoms with Gasteiger partial charge in [-0.15, -0.1) is 11.8 Å². The van der Waals surface area contributed by atoms with Crippen molar-refractivity contribution in [1.82, 2.24) is 5.32 Å². The van der Waals surface area contributed by atoms with Gasteiger partial charge in [0.2, 0.25) is 5.91 Å². The largest absolute Gasteiger partial charge is 0.370 e. The number of urea groups is 1. The van der Waals surface area contributed by atoms with Gasteiger partial charge in [-0.3, -0.25) is 4.79 Å². The Morgan fingerprint density at radius 1 is 1.08 bits per heavy atom. The van der Waals surface area contributed by atoms with Crippen molar-refractivity contribution in [3.63, 3.8) is 0 Å². The Morgan fingerprint density at radius 3 is 2.46 bits per heavy atom. The molecule has 0 bridgehead atoms. The average molecular weight is 343 g/mol. The number of hydrogen-bond donors (Lipinski definition) is 3. The summed E-state index contributed by atoms with van der Waals surface area (Å²) in [6.45, 7) is 1.93. The molecule has 0 saturated carbocycles. The summed E-state index contributed by atoms with van der Waals surface area (Å²) in [5, 5.41) is 5.78. The first-order valence-electron chi connectivity index (χ1n) is 7.69. The smallest absolute Gasteiger partial charge is 0.319 e. The molecule has 0 aliphatic rings. The number of carbonyl (C=O) groups is 2. The van der Waals surface area contributed by atoms with Crippen LogP contribution in [0.5, 0.6) is 0 Å². The highest BCUT2D eigenvalue weighted by Gasteiger charge is 2.11. The van der Waals surface area contributed by atoms with E-state index in [1.807, 2.05) is 61.5 Å². The standard InChI is InChI=1S/C18H21N3O2S/c1-13(14-7-3-2-4-8-14)20-18(23)21-15-9-5-6-10-16(15)24-12-11-17(19)22/h2-10,13H,11-12H2,1H3,(H2,19,22)(H2,20,21,23). The van der Waals surface area contributed by atoms with Crippen LogP contribution < -0.4 is 16.4 Å². The van der Waals surface area contributed by atoms with Gasteiger partial charge in [0.25, 0.3) is 0 Å². The van der Waals surface area contributed by atoms with Crippen LogP contribution in [0.15, 0.2) is 59.5 Å². The molecule has 0 radical (unpaired) electrons. The molecule has 0 fully saturated rings. The molecule has 2 aromatic carbocycles. The molecular formula is C18H21N3O2S. The van der Waals surface area contributed by atoms with Crippen molar-refractivity contribution in [2.24, 2.45) is 5.73 Å². The van der Waals surface area contributed by atoms with Gasteiger partial charge in [0.1, 0.15) is 0 Å². The average Bonchev–Trinajstić information content (AvgIpc) is 2.57. The highest BCUT2D eigenvalue weighted by Crippen LogP contribution is 2.27. The molecule has 0 heterocycles. The molecule has 126 valence electrons. The monoisotopic (exact) mass is 343 g/mol. The maximum atomic E-state index is 12.2. The third-order valence-corrected chi connectivity index (χ3v) is 4.46. The van der Waals surface area contributed by atoms with Gasteiger partial charge in [-0.05, 0) is 24.6 Å². The molecule has 0 aromatic heterocycles. The zero-order chi connectivity index (χ0) is 17.4. The van der Waals surface area contributed by atoms with Crippen molar-refractivity contribution < 1.29 is 9.59 Å². The molecule has 1 unspecified atom stereocenters. The fourth-order valence-electron chi connectivity index (χ4n) is 2.14. The lowest BCUT2D eigenvalue weighted by molar-refractivity contribution is -0.117. The fourth-order valence-corrected chi connectivity index (χ4v) is 3.11. The second kappa shape index (κ2) is 8.98. The number of carbonyl (C=O) groups excluding carboxylic acids is 2. The van der Waals surface area contributed by atoms with E-state index < -0.39 is 0 Å². The van der Waals surface area contributed by atoms with Crippen LogP contribution in [-0.2, 0) is 4.79 Å². The lowest BCUT2D eigenvalue weighted by atomic mass is 10.1. The molecule has 24 heavy (non-hydrogen) atoms. The van der Waals surface area contributed by atoms with Crippen molar-refractivity contribution in [3.8, 4) is 0 Å². The number of thioether (sulfide) groups is 1. The second-order valence-corrected chi connectivity index (χ2v) is 6.43. The summed E-state index contributed by atoms with van der Waals surface area (Å²) in [6, 6.07) is 16.9. The van der Waals surface area contributed by atoms with E-state index in [9.17, 15) is 9.59 Å². The Balaban J connectivity index is 1.95. The Hall–Kier alpha value is -2.47. The highest BCUT2D eigenvalue weighted by atomic mass is 32.2. The molecule has 0 aliphatic carbocycles. The van der Waals surface area contributed by atoms with Gasteiger partial charge in [0.05, 0.1) is 11.7 Å². The van der Waals surface area contributed by atoms with E-state index in [4.69, 9.17) is 5.73 Å². The molecule has 3 amide bonds. The summed E-state index contributed by atoms with van der Waals surface area (Å²) in [6.07, 6.45) is 0.302. The lowest BCUT2D eigenvalue weighted by Crippen LogP contribution is -2.31. The predicted octanol–water partition coefficient (Wildman–Crippen LogP) is 3.54. The molecule has 2 aromatic rings. The van der Waals surface area contributed by atoms with Crippen LogP contribution in [0.3, 0.4) is 0 Å². The SMILES string of the molecule is CC(NC(=O)Nc1ccccc1SCCC(N)=O)c1ccccc1. The van der Waals surface area contributed by atoms with E-state index in [2.05, 4.69) is 10.6 Å². The third kappa shape index (κ3) is 5.62. The number of amides is 3. The second-order valence-electron chi connectivity index (χ2n) is 5.29. The van der Waals surface area contributed by atoms with Crippen LogP contribution in [0, 0.1) is 0 Å². The van der Waals surface area contributed by atoms with Gasteiger partial charge in [-0.2, -0.15) is 0 Å². The van der Waals surface area contributed by atoms with Gasteiger partial charge in [-0.1, -0.05) is 42.5 Å². The van der Waals surface area contributed by atoms with Crippen molar-refractivity contribution in [2.75, 3.05) is 11.1 Å². The number of rotatable bonds is 7. The quantitative estimate of drug-likeness (QED) is 0.672. The maximum Gasteiger partial charge on any atom is 0.319 e. The number of anilines is 1. The van der Waals surface area contributed by atoms with E-state index in [1.54, 1.807) is 0 Å². The summed E-state index contributed by atoms with van der Waals surface area (Å²) < 4.78 is 0. The minimum atomic E-state index is -0.331. The molecule has 0 aliphatic heterocycles. The molecule has 0 saturated heterocycles. The molecule has 4 N–H and O–H groups in total. The Kier molecular flexibility index (Phi) is 6.69. The minimum Gasteiger partial charge on any atom is -0.370 e. The van der Waals surface area contributed by atoms with Crippen molar-refractivity contribution in [3.05, 3.63) is 60.2 Å². The number of benzene rings is 2. The zero-order valence-corrected chi connectivity index (χ0v) is 14.3. The zero-order valence-electron chi connectivity index (χ0n) is 13.5. The summed E-state index contributed by atoms with van der Waals surface area (Å²) in [5.74, 6) is 0.248. The van der Waals surface area contributed by atoms with Crippen LogP contribution in [0.2, 0.25) is 0 Å². The molecule has 5 nitrogen and oxygen atoms in total. The highest BCUT2D eigenvalue weighted by molar-refractivity contribution is 7.99. The Morgan fingerprint density at radius 2 is 1.75 bits per heavy atom. The van der Waals surface area contributed by atoms with Crippen LogP contribution in [0.4, 0.5) is 10.5 Å². The first-order valence-corrected chi connectivity index (χ1v) is 8.67. The number of para-hydroxylation sites is 1. The van der Waals surface area contributed by atoms with E-state index >= 15 is 0 Å². The van der Waals surface area contributed by atoms with Crippen molar-refractivity contribution >= 4 is 29.4 Å². The first-order chi connectivity index (χ1) is 11.6. The van der Waals surface area contributed by atoms with Gasteiger partial charge < -0.3 is 16.4 Å². The van der Waals surface area contributed by atoms with Crippen LogP contribution in [-0.4, -0.2) is 17.7 Å². The minimum absolute atomic E-state index is 0.0964. The van der Waals surface area contributed by atoms with E-state index in [0.29, 0.717) is 17.9 Å². The van der Waals surface area contributed by atoms with Crippen LogP contribution >= 0.6 is 11.8 Å². The van der Waals surface area contributed by atoms with Crippen molar-refractivity contribution in [1.29, 1.82) is 0 Å². The van der Waals surface area contributed by atoms with Gasteiger partial charge in [0.15, 0.2) is 0 Å². The molecule has 6 heteroatoms. The summed E-state index contributed by atoms with van der Waals surface area (Å²) >= 11 is 1.49.